The highest BCUT2D eigenvalue weighted by atomic mass is 79.9. The molecule has 2 N–H and O–H groups in total. The maximum atomic E-state index is 12.6. The van der Waals surface area contributed by atoms with Gasteiger partial charge in [0.05, 0.1) is 21.3 Å². The SMILES string of the molecule is COc1cc(C(=O)N/C(=C/c2cccc(Br)c2)C(=O)O)cc(OC)c1OC. The smallest absolute Gasteiger partial charge is 0.352 e. The lowest BCUT2D eigenvalue weighted by Crippen LogP contribution is -2.27. The van der Waals surface area contributed by atoms with Crippen molar-refractivity contribution in [3.05, 3.63) is 57.7 Å². The van der Waals surface area contributed by atoms with Gasteiger partial charge in [-0.1, -0.05) is 28.1 Å². The summed E-state index contributed by atoms with van der Waals surface area (Å²) in [5.41, 5.74) is 0.504. The number of methoxy groups -OCH3 is 3. The average Bonchev–Trinajstić information content (AvgIpc) is 2.65. The normalized spacial score (nSPS) is 10.9. The van der Waals surface area contributed by atoms with E-state index in [1.807, 2.05) is 6.07 Å². The second-order valence-corrected chi connectivity index (χ2v) is 6.20. The van der Waals surface area contributed by atoms with Gasteiger partial charge < -0.3 is 24.6 Å². The van der Waals surface area contributed by atoms with Crippen LogP contribution in [0.1, 0.15) is 15.9 Å². The first-order chi connectivity index (χ1) is 12.9. The van der Waals surface area contributed by atoms with E-state index in [4.69, 9.17) is 14.2 Å². The Kier molecular flexibility index (Phi) is 6.84. The third-order valence-corrected chi connectivity index (χ3v) is 4.06. The lowest BCUT2D eigenvalue weighted by Gasteiger charge is -2.14. The van der Waals surface area contributed by atoms with Crippen LogP contribution >= 0.6 is 15.9 Å². The molecular weight excluding hydrogens is 418 g/mol. The molecule has 0 saturated carbocycles. The van der Waals surface area contributed by atoms with Crippen molar-refractivity contribution in [2.45, 2.75) is 0 Å². The van der Waals surface area contributed by atoms with Crippen LogP contribution in [0, 0.1) is 0 Å². The van der Waals surface area contributed by atoms with Crippen LogP contribution < -0.4 is 19.5 Å². The fourth-order valence-corrected chi connectivity index (χ4v) is 2.74. The molecule has 0 bridgehead atoms. The van der Waals surface area contributed by atoms with E-state index in [0.717, 1.165) is 4.47 Å². The summed E-state index contributed by atoms with van der Waals surface area (Å²) in [5.74, 6) is -0.988. The molecule has 8 heteroatoms. The first kappa shape index (κ1) is 20.3. The van der Waals surface area contributed by atoms with Crippen molar-refractivity contribution in [2.24, 2.45) is 0 Å². The fraction of sp³-hybridized carbons (Fsp3) is 0.158. The van der Waals surface area contributed by atoms with Crippen LogP contribution in [0.3, 0.4) is 0 Å². The summed E-state index contributed by atoms with van der Waals surface area (Å²) in [6.07, 6.45) is 1.36. The van der Waals surface area contributed by atoms with Crippen LogP contribution in [-0.4, -0.2) is 38.3 Å². The van der Waals surface area contributed by atoms with Gasteiger partial charge in [0.25, 0.3) is 5.91 Å². The molecule has 0 radical (unpaired) electrons. The molecule has 27 heavy (non-hydrogen) atoms. The third kappa shape index (κ3) is 5.01. The number of carboxylic acids is 1. The van der Waals surface area contributed by atoms with Crippen molar-refractivity contribution in [1.82, 2.24) is 5.32 Å². The number of nitrogens with one attached hydrogen (secondary N) is 1. The van der Waals surface area contributed by atoms with Crippen LogP contribution in [0.5, 0.6) is 17.2 Å². The van der Waals surface area contributed by atoms with Crippen molar-refractivity contribution in [3.8, 4) is 17.2 Å². The largest absolute Gasteiger partial charge is 0.493 e. The molecule has 0 unspecified atom stereocenters. The molecule has 0 spiro atoms. The fourth-order valence-electron chi connectivity index (χ4n) is 2.32. The third-order valence-electron chi connectivity index (χ3n) is 3.57. The van der Waals surface area contributed by atoms with E-state index >= 15 is 0 Å². The monoisotopic (exact) mass is 435 g/mol. The highest BCUT2D eigenvalue weighted by molar-refractivity contribution is 9.10. The number of carboxylic acid groups (broad SMARTS) is 1. The molecular formula is C19H18BrNO6. The number of hydrogen-bond acceptors (Lipinski definition) is 5. The van der Waals surface area contributed by atoms with Crippen LogP contribution in [-0.2, 0) is 4.79 Å². The van der Waals surface area contributed by atoms with E-state index < -0.39 is 11.9 Å². The van der Waals surface area contributed by atoms with Gasteiger partial charge in [-0.25, -0.2) is 4.79 Å². The van der Waals surface area contributed by atoms with Crippen LogP contribution in [0.15, 0.2) is 46.6 Å². The first-order valence-electron chi connectivity index (χ1n) is 7.71. The van der Waals surface area contributed by atoms with E-state index in [1.54, 1.807) is 18.2 Å². The maximum absolute atomic E-state index is 12.6. The number of carbonyl (C=O) groups is 2. The Morgan fingerprint density at radius 2 is 1.67 bits per heavy atom. The highest BCUT2D eigenvalue weighted by Crippen LogP contribution is 2.38. The number of ether oxygens (including phenoxy) is 3. The van der Waals surface area contributed by atoms with Gasteiger partial charge in [0, 0.05) is 10.0 Å². The van der Waals surface area contributed by atoms with Crippen molar-refractivity contribution < 1.29 is 28.9 Å². The summed E-state index contributed by atoms with van der Waals surface area (Å²) >= 11 is 3.32. The van der Waals surface area contributed by atoms with Crippen molar-refractivity contribution in [2.75, 3.05) is 21.3 Å². The minimum absolute atomic E-state index is 0.158. The first-order valence-corrected chi connectivity index (χ1v) is 8.50. The molecule has 0 atom stereocenters. The van der Waals surface area contributed by atoms with E-state index in [-0.39, 0.29) is 22.8 Å². The molecule has 0 aromatic heterocycles. The molecule has 0 heterocycles. The number of halogens is 1. The lowest BCUT2D eigenvalue weighted by atomic mass is 10.1. The number of aliphatic carboxylic acids is 1. The summed E-state index contributed by atoms with van der Waals surface area (Å²) < 4.78 is 16.4. The lowest BCUT2D eigenvalue weighted by molar-refractivity contribution is -0.132. The van der Waals surface area contributed by atoms with Gasteiger partial charge in [0.2, 0.25) is 5.75 Å². The Balaban J connectivity index is 2.37. The molecule has 0 aliphatic heterocycles. The van der Waals surface area contributed by atoms with E-state index in [9.17, 15) is 14.7 Å². The number of hydrogen-bond donors (Lipinski definition) is 2. The van der Waals surface area contributed by atoms with Gasteiger partial charge in [0.1, 0.15) is 5.70 Å². The van der Waals surface area contributed by atoms with Gasteiger partial charge in [-0.15, -0.1) is 0 Å². The Morgan fingerprint density at radius 1 is 1.04 bits per heavy atom. The zero-order valence-electron chi connectivity index (χ0n) is 14.9. The molecule has 0 saturated heterocycles. The number of rotatable bonds is 7. The highest BCUT2D eigenvalue weighted by Gasteiger charge is 2.19. The molecule has 2 rings (SSSR count). The second-order valence-electron chi connectivity index (χ2n) is 5.29. The summed E-state index contributed by atoms with van der Waals surface area (Å²) in [6.45, 7) is 0. The molecule has 2 aromatic carbocycles. The van der Waals surface area contributed by atoms with Gasteiger partial charge in [0.15, 0.2) is 11.5 Å². The van der Waals surface area contributed by atoms with Crippen molar-refractivity contribution >= 4 is 33.9 Å². The van der Waals surface area contributed by atoms with Crippen LogP contribution in [0.25, 0.3) is 6.08 Å². The van der Waals surface area contributed by atoms with Gasteiger partial charge >= 0.3 is 5.97 Å². The molecule has 0 aliphatic rings. The second kappa shape index (κ2) is 9.09. The zero-order valence-corrected chi connectivity index (χ0v) is 16.5. The molecule has 0 fully saturated rings. The average molecular weight is 436 g/mol. The van der Waals surface area contributed by atoms with E-state index in [0.29, 0.717) is 11.3 Å². The molecule has 2 aromatic rings. The quantitative estimate of drug-likeness (QED) is 0.647. The minimum Gasteiger partial charge on any atom is -0.493 e. The standard InChI is InChI=1S/C19H18BrNO6/c1-25-15-9-12(10-16(26-2)17(15)27-3)18(22)21-14(19(23)24)8-11-5-4-6-13(20)7-11/h4-10H,1-3H3,(H,21,22)(H,23,24)/b14-8+. The van der Waals surface area contributed by atoms with Gasteiger partial charge in [-0.2, -0.15) is 0 Å². The Labute approximate surface area is 164 Å². The summed E-state index contributed by atoms with van der Waals surface area (Å²) in [7, 11) is 4.30. The van der Waals surface area contributed by atoms with Crippen molar-refractivity contribution in [1.29, 1.82) is 0 Å². The predicted octanol–water partition coefficient (Wildman–Crippen LogP) is 3.33. The Bertz CT molecular complexity index is 869. The molecule has 1 amide bonds. The maximum Gasteiger partial charge on any atom is 0.352 e. The van der Waals surface area contributed by atoms with Crippen LogP contribution in [0.2, 0.25) is 0 Å². The molecule has 142 valence electrons. The Morgan fingerprint density at radius 3 is 2.15 bits per heavy atom. The molecule has 0 aliphatic carbocycles. The zero-order chi connectivity index (χ0) is 20.0. The van der Waals surface area contributed by atoms with Gasteiger partial charge in [-0.3, -0.25) is 4.79 Å². The summed E-state index contributed by atoms with van der Waals surface area (Å²) in [6, 6.07) is 9.90. The minimum atomic E-state index is -1.27. The molecule has 7 nitrogen and oxygen atoms in total. The number of amides is 1. The van der Waals surface area contributed by atoms with Crippen molar-refractivity contribution in [3.63, 3.8) is 0 Å². The Hall–Kier alpha value is -3.00. The summed E-state index contributed by atoms with van der Waals surface area (Å²) in [4.78, 5) is 24.1. The number of carbonyl (C=O) groups excluding carboxylic acids is 1. The topological polar surface area (TPSA) is 94.1 Å². The van der Waals surface area contributed by atoms with Crippen LogP contribution in [0.4, 0.5) is 0 Å². The number of benzene rings is 2. The van der Waals surface area contributed by atoms with E-state index in [2.05, 4.69) is 21.2 Å². The predicted molar refractivity (Wildman–Crippen MR) is 103 cm³/mol. The summed E-state index contributed by atoms with van der Waals surface area (Å²) in [5, 5.41) is 11.8. The van der Waals surface area contributed by atoms with E-state index in [1.165, 1.54) is 39.5 Å². The van der Waals surface area contributed by atoms with Gasteiger partial charge in [-0.05, 0) is 35.9 Å².